The summed E-state index contributed by atoms with van der Waals surface area (Å²) in [6.45, 7) is 4.58. The quantitative estimate of drug-likeness (QED) is 0.122. The van der Waals surface area contributed by atoms with Crippen LogP contribution in [0.3, 0.4) is 0 Å². The predicted molar refractivity (Wildman–Crippen MR) is 118 cm³/mol. The number of ether oxygens (including phenoxy) is 5. The molecule has 3 fully saturated rings. The summed E-state index contributed by atoms with van der Waals surface area (Å²) in [6, 6.07) is -2.86. The van der Waals surface area contributed by atoms with E-state index in [9.17, 15) is 39.9 Å². The maximum absolute atomic E-state index is 11.2. The van der Waals surface area contributed by atoms with E-state index in [2.05, 4.69) is 16.0 Å². The minimum absolute atomic E-state index is 0.352. The van der Waals surface area contributed by atoms with Crippen molar-refractivity contribution in [1.82, 2.24) is 16.0 Å². The number of hydrogen-bond donors (Lipinski definition) is 8. The Morgan fingerprint density at radius 1 is 0.568 bits per heavy atom. The second kappa shape index (κ2) is 12.7. The van der Waals surface area contributed by atoms with Gasteiger partial charge < -0.3 is 65.2 Å². The van der Waals surface area contributed by atoms with E-state index in [1.165, 1.54) is 20.8 Å². The summed E-state index contributed by atoms with van der Waals surface area (Å²) in [5.41, 5.74) is 0. The van der Waals surface area contributed by atoms with Crippen molar-refractivity contribution >= 4 is 19.2 Å². The van der Waals surface area contributed by atoms with Crippen LogP contribution in [-0.2, 0) is 38.1 Å². The SMILES string of the molecule is C[C@H]1O[C@H](O[C@@H]2[C@H](O)[C@@H](O[C@H]3[C@@H](O)[C@H](NC=O)[C@@H](C)O[C@@H]3O)O[C@H](C)[C@H]2NC=O)[C@@H](O)[C@@H](O)[C@@H]1NC=O. The van der Waals surface area contributed by atoms with E-state index in [-0.39, 0.29) is 0 Å². The average Bonchev–Trinajstić information content (AvgIpc) is 2.85. The number of rotatable bonds is 10. The standard InChI is InChI=1S/C21H35N3O13/c1-7-11(23-5-26)14(29)18(19(32)33-7)37-21-16(31)17(12(24-6-27)9(3)35-21)36-20-15(30)13(28)10(22-4-25)8(2)34-20/h4-21,28-32H,1-3H3,(H,22,25)(H,23,26)(H,24,27)/t7-,8-,9-,10-,11-,12-,13+,14+,15+,16+,17+,18+,19+,20-,21-/m1/s1. The van der Waals surface area contributed by atoms with Gasteiger partial charge in [0.25, 0.3) is 0 Å². The highest BCUT2D eigenvalue weighted by molar-refractivity contribution is 5.48. The molecule has 3 heterocycles. The highest BCUT2D eigenvalue weighted by atomic mass is 16.7. The molecule has 3 saturated heterocycles. The van der Waals surface area contributed by atoms with Crippen LogP contribution in [0.2, 0.25) is 0 Å². The van der Waals surface area contributed by atoms with E-state index >= 15 is 0 Å². The highest BCUT2D eigenvalue weighted by Crippen LogP contribution is 2.32. The maximum atomic E-state index is 11.2. The van der Waals surface area contributed by atoms with Crippen molar-refractivity contribution < 1.29 is 63.6 Å². The predicted octanol–water partition coefficient (Wildman–Crippen LogP) is -5.23. The second-order valence-corrected chi connectivity index (χ2v) is 9.25. The fourth-order valence-corrected chi connectivity index (χ4v) is 4.85. The molecule has 3 aliphatic rings. The zero-order valence-electron chi connectivity index (χ0n) is 20.4. The molecule has 16 nitrogen and oxygen atoms in total. The van der Waals surface area contributed by atoms with Crippen molar-refractivity contribution in [3.8, 4) is 0 Å². The summed E-state index contributed by atoms with van der Waals surface area (Å²) in [6.07, 6.45) is -15.1. The minimum Gasteiger partial charge on any atom is -0.388 e. The van der Waals surface area contributed by atoms with E-state index in [0.29, 0.717) is 19.2 Å². The summed E-state index contributed by atoms with van der Waals surface area (Å²) < 4.78 is 28.1. The lowest BCUT2D eigenvalue weighted by atomic mass is 9.94. The Morgan fingerprint density at radius 2 is 1.00 bits per heavy atom. The monoisotopic (exact) mass is 537 g/mol. The van der Waals surface area contributed by atoms with E-state index in [0.717, 1.165) is 0 Å². The lowest BCUT2D eigenvalue weighted by molar-refractivity contribution is -0.359. The van der Waals surface area contributed by atoms with Gasteiger partial charge in [0.05, 0.1) is 36.4 Å². The summed E-state index contributed by atoms with van der Waals surface area (Å²) in [7, 11) is 0. The number of nitrogens with one attached hydrogen (secondary N) is 3. The molecule has 15 atom stereocenters. The molecule has 37 heavy (non-hydrogen) atoms. The number of aliphatic hydroxyl groups excluding tert-OH is 5. The molecule has 0 aromatic carbocycles. The number of amides is 3. The van der Waals surface area contributed by atoms with Gasteiger partial charge in [0.1, 0.15) is 36.6 Å². The molecule has 0 bridgehead atoms. The van der Waals surface area contributed by atoms with Gasteiger partial charge in [-0.1, -0.05) is 0 Å². The Hall–Kier alpha value is -1.99. The van der Waals surface area contributed by atoms with Crippen LogP contribution in [0.4, 0.5) is 0 Å². The zero-order chi connectivity index (χ0) is 27.4. The van der Waals surface area contributed by atoms with Crippen LogP contribution in [0, 0.1) is 0 Å². The summed E-state index contributed by atoms with van der Waals surface area (Å²) in [5.74, 6) is 0. The largest absolute Gasteiger partial charge is 0.388 e. The molecule has 3 aliphatic heterocycles. The molecule has 0 unspecified atom stereocenters. The first-order valence-electron chi connectivity index (χ1n) is 11.8. The molecule has 16 heteroatoms. The van der Waals surface area contributed by atoms with Crippen molar-refractivity contribution in [2.45, 2.75) is 113 Å². The van der Waals surface area contributed by atoms with Gasteiger partial charge in [-0.05, 0) is 20.8 Å². The Morgan fingerprint density at radius 3 is 1.57 bits per heavy atom. The van der Waals surface area contributed by atoms with Crippen molar-refractivity contribution in [3.05, 3.63) is 0 Å². The third kappa shape index (κ3) is 6.19. The molecule has 3 rings (SSSR count). The molecule has 212 valence electrons. The van der Waals surface area contributed by atoms with Gasteiger partial charge in [-0.15, -0.1) is 0 Å². The molecule has 0 aromatic heterocycles. The smallest absolute Gasteiger partial charge is 0.207 e. The van der Waals surface area contributed by atoms with Crippen molar-refractivity contribution in [1.29, 1.82) is 0 Å². The third-order valence-electron chi connectivity index (χ3n) is 6.88. The van der Waals surface area contributed by atoms with Crippen LogP contribution in [0.25, 0.3) is 0 Å². The molecule has 3 amide bonds. The lowest BCUT2D eigenvalue weighted by Gasteiger charge is -2.49. The first kappa shape index (κ1) is 29.6. The molecular weight excluding hydrogens is 502 g/mol. The van der Waals surface area contributed by atoms with Gasteiger partial charge in [0.15, 0.2) is 18.9 Å². The van der Waals surface area contributed by atoms with Crippen LogP contribution < -0.4 is 16.0 Å². The highest BCUT2D eigenvalue weighted by Gasteiger charge is 2.52. The third-order valence-corrected chi connectivity index (χ3v) is 6.88. The first-order valence-corrected chi connectivity index (χ1v) is 11.8. The molecule has 0 aliphatic carbocycles. The van der Waals surface area contributed by atoms with Crippen LogP contribution in [-0.4, -0.2) is 137 Å². The fraction of sp³-hybridized carbons (Fsp3) is 0.857. The van der Waals surface area contributed by atoms with Crippen LogP contribution in [0.15, 0.2) is 0 Å². The lowest BCUT2D eigenvalue weighted by Crippen LogP contribution is -2.68. The fourth-order valence-electron chi connectivity index (χ4n) is 4.85. The van der Waals surface area contributed by atoms with Crippen LogP contribution in [0.1, 0.15) is 20.8 Å². The second-order valence-electron chi connectivity index (χ2n) is 9.25. The van der Waals surface area contributed by atoms with Gasteiger partial charge in [-0.3, -0.25) is 14.4 Å². The van der Waals surface area contributed by atoms with Gasteiger partial charge in [-0.25, -0.2) is 0 Å². The Labute approximate surface area is 212 Å². The summed E-state index contributed by atoms with van der Waals surface area (Å²) in [4.78, 5) is 33.0. The van der Waals surface area contributed by atoms with Crippen molar-refractivity contribution in [2.24, 2.45) is 0 Å². The number of carbonyl (C=O) groups is 3. The molecule has 0 saturated carbocycles. The van der Waals surface area contributed by atoms with Crippen LogP contribution in [0.5, 0.6) is 0 Å². The summed E-state index contributed by atoms with van der Waals surface area (Å²) >= 11 is 0. The zero-order valence-corrected chi connectivity index (χ0v) is 20.4. The van der Waals surface area contributed by atoms with Gasteiger partial charge in [-0.2, -0.15) is 0 Å². The topological polar surface area (TPSA) is 235 Å². The van der Waals surface area contributed by atoms with Crippen molar-refractivity contribution in [2.75, 3.05) is 0 Å². The van der Waals surface area contributed by atoms with E-state index in [4.69, 9.17) is 23.7 Å². The Kier molecular flexibility index (Phi) is 10.2. The number of aliphatic hydroxyl groups is 5. The first-order chi connectivity index (χ1) is 17.5. The van der Waals surface area contributed by atoms with Gasteiger partial charge in [0.2, 0.25) is 19.2 Å². The molecule has 8 N–H and O–H groups in total. The number of hydrogen-bond acceptors (Lipinski definition) is 13. The number of carbonyl (C=O) groups excluding carboxylic acids is 3. The molecule has 0 aromatic rings. The molecular formula is C21H35N3O13. The van der Waals surface area contributed by atoms with Gasteiger partial charge in [0, 0.05) is 0 Å². The van der Waals surface area contributed by atoms with Crippen LogP contribution >= 0.6 is 0 Å². The van der Waals surface area contributed by atoms with E-state index in [1.807, 2.05) is 0 Å². The van der Waals surface area contributed by atoms with Gasteiger partial charge >= 0.3 is 0 Å². The Bertz CT molecular complexity index is 780. The maximum Gasteiger partial charge on any atom is 0.207 e. The normalized spacial score (nSPS) is 48.5. The minimum atomic E-state index is -1.68. The van der Waals surface area contributed by atoms with E-state index < -0.39 is 91.9 Å². The average molecular weight is 538 g/mol. The Balaban J connectivity index is 1.79. The van der Waals surface area contributed by atoms with Crippen molar-refractivity contribution in [3.63, 3.8) is 0 Å². The summed E-state index contributed by atoms with van der Waals surface area (Å²) in [5, 5.41) is 60.3. The van der Waals surface area contributed by atoms with E-state index in [1.54, 1.807) is 0 Å². The molecule has 0 spiro atoms. The molecule has 0 radical (unpaired) electrons.